The number of nitrogens with one attached hydrogen (secondary N) is 2. The van der Waals surface area contributed by atoms with Gasteiger partial charge in [0.2, 0.25) is 10.0 Å². The Labute approximate surface area is 181 Å². The van der Waals surface area contributed by atoms with Crippen molar-refractivity contribution < 1.29 is 23.1 Å². The molecule has 30 heavy (non-hydrogen) atoms. The number of hydrogen-bond acceptors (Lipinski definition) is 6. The highest BCUT2D eigenvalue weighted by atomic mass is 32.2. The molecule has 0 saturated heterocycles. The molecule has 0 aliphatic heterocycles. The Morgan fingerprint density at radius 3 is 2.37 bits per heavy atom. The van der Waals surface area contributed by atoms with Gasteiger partial charge < -0.3 is 10.4 Å². The van der Waals surface area contributed by atoms with Crippen LogP contribution < -0.4 is 10.0 Å². The molecule has 1 atom stereocenters. The summed E-state index contributed by atoms with van der Waals surface area (Å²) in [6, 6.07) is 10.0. The summed E-state index contributed by atoms with van der Waals surface area (Å²) in [6.07, 6.45) is 2.35. The van der Waals surface area contributed by atoms with E-state index in [2.05, 4.69) is 10.0 Å². The molecule has 1 amide bonds. The summed E-state index contributed by atoms with van der Waals surface area (Å²) >= 11 is 1.42. The molecule has 7 nitrogen and oxygen atoms in total. The summed E-state index contributed by atoms with van der Waals surface area (Å²) in [5, 5.41) is 12.3. The Morgan fingerprint density at radius 1 is 1.13 bits per heavy atom. The minimum absolute atomic E-state index is 0.0196. The number of Topliss-reactive ketones (excluding diaryl/α,β-unsaturated/α-hetero) is 1. The van der Waals surface area contributed by atoms with Crippen LogP contribution in [-0.4, -0.2) is 43.3 Å². The van der Waals surface area contributed by atoms with Gasteiger partial charge in [-0.3, -0.25) is 9.59 Å². The molecule has 2 aromatic carbocycles. The van der Waals surface area contributed by atoms with Crippen molar-refractivity contribution in [1.82, 2.24) is 10.0 Å². The van der Waals surface area contributed by atoms with Gasteiger partial charge in [0.1, 0.15) is 5.75 Å². The van der Waals surface area contributed by atoms with E-state index in [1.165, 1.54) is 30.0 Å². The summed E-state index contributed by atoms with van der Waals surface area (Å²) in [5.41, 5.74) is 1.54. The predicted molar refractivity (Wildman–Crippen MR) is 118 cm³/mol. The Kier molecular flexibility index (Phi) is 8.45. The van der Waals surface area contributed by atoms with E-state index < -0.39 is 16.1 Å². The Morgan fingerprint density at radius 2 is 1.80 bits per heavy atom. The lowest BCUT2D eigenvalue weighted by Gasteiger charge is -2.15. The molecule has 0 fully saturated rings. The van der Waals surface area contributed by atoms with Crippen LogP contribution in [0.5, 0.6) is 5.75 Å². The number of hydrogen-bond donors (Lipinski definition) is 3. The molecular weight excluding hydrogens is 424 g/mol. The van der Waals surface area contributed by atoms with Crippen molar-refractivity contribution in [2.24, 2.45) is 0 Å². The van der Waals surface area contributed by atoms with Crippen molar-refractivity contribution in [1.29, 1.82) is 0 Å². The standard InChI is InChI=1S/C21H26N2O5S2/c1-4-18(20(25)13-29-3)23-21(26)16-7-5-15(6-8-16)12-22-30(27,28)17-9-10-19(24)14(2)11-17/h5-11,18,22,24H,4,12-13H2,1-3H3,(H,23,26). The van der Waals surface area contributed by atoms with E-state index in [0.717, 1.165) is 0 Å². The van der Waals surface area contributed by atoms with Crippen molar-refractivity contribution in [3.8, 4) is 5.75 Å². The van der Waals surface area contributed by atoms with Gasteiger partial charge >= 0.3 is 0 Å². The minimum atomic E-state index is -3.74. The first kappa shape index (κ1) is 23.9. The second-order valence-electron chi connectivity index (χ2n) is 6.80. The molecule has 3 N–H and O–H groups in total. The van der Waals surface area contributed by atoms with E-state index in [-0.39, 0.29) is 28.9 Å². The highest BCUT2D eigenvalue weighted by molar-refractivity contribution is 7.99. The highest BCUT2D eigenvalue weighted by Gasteiger charge is 2.19. The number of ketones is 1. The second-order valence-corrected chi connectivity index (χ2v) is 9.44. The van der Waals surface area contributed by atoms with Crippen LogP contribution in [0.1, 0.15) is 34.8 Å². The van der Waals surface area contributed by atoms with Crippen LogP contribution in [0.25, 0.3) is 0 Å². The maximum absolute atomic E-state index is 12.4. The monoisotopic (exact) mass is 450 g/mol. The Hall–Kier alpha value is -2.36. The molecule has 0 radical (unpaired) electrons. The van der Waals surface area contributed by atoms with Crippen molar-refractivity contribution in [2.75, 3.05) is 12.0 Å². The maximum Gasteiger partial charge on any atom is 0.251 e. The largest absolute Gasteiger partial charge is 0.508 e. The first-order valence-electron chi connectivity index (χ1n) is 9.38. The van der Waals surface area contributed by atoms with Crippen LogP contribution in [0.2, 0.25) is 0 Å². The summed E-state index contributed by atoms with van der Waals surface area (Å²) in [4.78, 5) is 24.5. The third-order valence-electron chi connectivity index (χ3n) is 4.55. The Balaban J connectivity index is 2.00. The average Bonchev–Trinajstić information content (AvgIpc) is 2.72. The molecule has 2 rings (SSSR count). The minimum Gasteiger partial charge on any atom is -0.508 e. The molecular formula is C21H26N2O5S2. The molecule has 0 aliphatic rings. The lowest BCUT2D eigenvalue weighted by molar-refractivity contribution is -0.118. The third-order valence-corrected chi connectivity index (χ3v) is 6.52. The number of aromatic hydroxyl groups is 1. The van der Waals surface area contributed by atoms with Crippen molar-refractivity contribution >= 4 is 33.5 Å². The van der Waals surface area contributed by atoms with Gasteiger partial charge in [0.25, 0.3) is 5.91 Å². The zero-order valence-corrected chi connectivity index (χ0v) is 18.8. The molecule has 0 bridgehead atoms. The van der Waals surface area contributed by atoms with E-state index >= 15 is 0 Å². The number of rotatable bonds is 10. The number of amides is 1. The van der Waals surface area contributed by atoms with E-state index in [0.29, 0.717) is 28.9 Å². The molecule has 9 heteroatoms. The van der Waals surface area contributed by atoms with E-state index in [9.17, 15) is 23.1 Å². The summed E-state index contributed by atoms with van der Waals surface area (Å²) < 4.78 is 27.4. The van der Waals surface area contributed by atoms with Gasteiger partial charge in [0.05, 0.1) is 16.7 Å². The SMILES string of the molecule is CCC(NC(=O)c1ccc(CNS(=O)(=O)c2ccc(O)c(C)c2)cc1)C(=O)CSC. The predicted octanol–water partition coefficient (Wildman–Crippen LogP) is 2.62. The number of thioether (sulfide) groups is 1. The molecule has 0 saturated carbocycles. The zero-order chi connectivity index (χ0) is 22.3. The van der Waals surface area contributed by atoms with Crippen LogP contribution in [0.4, 0.5) is 0 Å². The van der Waals surface area contributed by atoms with E-state index in [1.54, 1.807) is 31.2 Å². The molecule has 1 unspecified atom stereocenters. The first-order chi connectivity index (χ1) is 14.2. The molecule has 0 aromatic heterocycles. The van der Waals surface area contributed by atoms with Crippen LogP contribution in [0.3, 0.4) is 0 Å². The Bertz CT molecular complexity index is 1000. The topological polar surface area (TPSA) is 113 Å². The van der Waals surface area contributed by atoms with Crippen LogP contribution in [-0.2, 0) is 21.4 Å². The number of sulfonamides is 1. The zero-order valence-electron chi connectivity index (χ0n) is 17.1. The number of carbonyl (C=O) groups is 2. The van der Waals surface area contributed by atoms with Crippen molar-refractivity contribution in [2.45, 2.75) is 37.8 Å². The normalized spacial score (nSPS) is 12.4. The first-order valence-corrected chi connectivity index (χ1v) is 12.3. The van der Waals surface area contributed by atoms with Gasteiger partial charge in [-0.2, -0.15) is 11.8 Å². The smallest absolute Gasteiger partial charge is 0.251 e. The maximum atomic E-state index is 12.4. The average molecular weight is 451 g/mol. The lowest BCUT2D eigenvalue weighted by atomic mass is 10.1. The van der Waals surface area contributed by atoms with Gasteiger partial charge in [-0.25, -0.2) is 13.1 Å². The highest BCUT2D eigenvalue weighted by Crippen LogP contribution is 2.20. The molecule has 2 aromatic rings. The summed E-state index contributed by atoms with van der Waals surface area (Å²) in [6.45, 7) is 3.51. The lowest BCUT2D eigenvalue weighted by Crippen LogP contribution is -2.41. The van der Waals surface area contributed by atoms with Gasteiger partial charge in [-0.15, -0.1) is 0 Å². The fourth-order valence-corrected chi connectivity index (χ4v) is 4.31. The van der Waals surface area contributed by atoms with Gasteiger partial charge in [-0.1, -0.05) is 19.1 Å². The number of phenols is 1. The van der Waals surface area contributed by atoms with Crippen molar-refractivity contribution in [3.05, 3.63) is 59.2 Å². The number of carbonyl (C=O) groups excluding carboxylic acids is 2. The molecule has 162 valence electrons. The quantitative estimate of drug-likeness (QED) is 0.513. The van der Waals surface area contributed by atoms with Gasteiger partial charge in [0.15, 0.2) is 5.78 Å². The molecule has 0 aliphatic carbocycles. The van der Waals surface area contributed by atoms with E-state index in [1.807, 2.05) is 13.2 Å². The van der Waals surface area contributed by atoms with Crippen molar-refractivity contribution in [3.63, 3.8) is 0 Å². The van der Waals surface area contributed by atoms with Gasteiger partial charge in [-0.05, 0) is 61.1 Å². The number of benzene rings is 2. The van der Waals surface area contributed by atoms with Crippen LogP contribution in [0, 0.1) is 6.92 Å². The van der Waals surface area contributed by atoms with E-state index in [4.69, 9.17) is 0 Å². The fourth-order valence-electron chi connectivity index (χ4n) is 2.73. The third kappa shape index (κ3) is 6.32. The molecule has 0 spiro atoms. The molecule has 0 heterocycles. The van der Waals surface area contributed by atoms with Crippen LogP contribution in [0.15, 0.2) is 47.4 Å². The summed E-state index contributed by atoms with van der Waals surface area (Å²) in [5.74, 6) is 0.0124. The van der Waals surface area contributed by atoms with Gasteiger partial charge in [0, 0.05) is 12.1 Å². The van der Waals surface area contributed by atoms with Crippen LogP contribution >= 0.6 is 11.8 Å². The second kappa shape index (κ2) is 10.6. The number of aryl methyl sites for hydroxylation is 1. The number of phenolic OH excluding ortho intramolecular Hbond substituents is 1. The summed E-state index contributed by atoms with van der Waals surface area (Å²) in [7, 11) is -3.74. The fraction of sp³-hybridized carbons (Fsp3) is 0.333.